The highest BCUT2D eigenvalue weighted by atomic mass is 35.5. The largest absolute Gasteiger partial charge is 0.492 e. The fourth-order valence-electron chi connectivity index (χ4n) is 2.49. The van der Waals surface area contributed by atoms with Crippen LogP contribution in [0.2, 0.25) is 5.02 Å². The van der Waals surface area contributed by atoms with Crippen LogP contribution in [0.1, 0.15) is 34.0 Å². The summed E-state index contributed by atoms with van der Waals surface area (Å²) in [6.07, 6.45) is 1.77. The first-order chi connectivity index (χ1) is 9.69. The van der Waals surface area contributed by atoms with E-state index in [-0.39, 0.29) is 5.78 Å². The molecule has 0 amide bonds. The molecule has 2 aromatic rings. The van der Waals surface area contributed by atoms with E-state index in [2.05, 4.69) is 6.92 Å². The second kappa shape index (κ2) is 5.29. The first-order valence-corrected chi connectivity index (χ1v) is 7.15. The monoisotopic (exact) mass is 286 g/mol. The molecule has 0 aliphatic carbocycles. The normalized spacial score (nSPS) is 12.9. The van der Waals surface area contributed by atoms with E-state index < -0.39 is 0 Å². The highest BCUT2D eigenvalue weighted by Gasteiger charge is 2.22. The van der Waals surface area contributed by atoms with E-state index in [0.29, 0.717) is 28.5 Å². The number of aryl methyl sites for hydroxylation is 1. The molecule has 3 rings (SSSR count). The SMILES string of the molecule is CCc1ccc(C(=O)c2cc(Cl)cc3c2OCC3)cc1. The summed E-state index contributed by atoms with van der Waals surface area (Å²) < 4.78 is 5.59. The number of carbonyl (C=O) groups is 1. The van der Waals surface area contributed by atoms with E-state index >= 15 is 0 Å². The van der Waals surface area contributed by atoms with Crippen LogP contribution >= 0.6 is 11.6 Å². The molecule has 20 heavy (non-hydrogen) atoms. The number of benzene rings is 2. The maximum absolute atomic E-state index is 12.6. The summed E-state index contributed by atoms with van der Waals surface area (Å²) in [5.41, 5.74) is 3.47. The average Bonchev–Trinajstić information content (AvgIpc) is 2.94. The number of hydrogen-bond acceptors (Lipinski definition) is 2. The zero-order valence-electron chi connectivity index (χ0n) is 11.3. The molecule has 1 aliphatic heterocycles. The molecule has 1 aliphatic rings. The van der Waals surface area contributed by atoms with Gasteiger partial charge in [-0.2, -0.15) is 0 Å². The molecule has 2 aromatic carbocycles. The standard InChI is InChI=1S/C17H15ClO2/c1-2-11-3-5-12(6-4-11)16(19)15-10-14(18)9-13-7-8-20-17(13)15/h3-6,9-10H,2,7-8H2,1H3. The second-order valence-electron chi connectivity index (χ2n) is 4.92. The summed E-state index contributed by atoms with van der Waals surface area (Å²) in [5, 5.41) is 0.586. The van der Waals surface area contributed by atoms with Crippen LogP contribution in [0.25, 0.3) is 0 Å². The lowest BCUT2D eigenvalue weighted by Crippen LogP contribution is -2.04. The molecule has 102 valence electrons. The summed E-state index contributed by atoms with van der Waals surface area (Å²) >= 11 is 6.10. The van der Waals surface area contributed by atoms with Crippen molar-refractivity contribution in [1.29, 1.82) is 0 Å². The lowest BCUT2D eigenvalue weighted by Gasteiger charge is -2.08. The van der Waals surface area contributed by atoms with Crippen LogP contribution in [0.3, 0.4) is 0 Å². The van der Waals surface area contributed by atoms with Crippen molar-refractivity contribution >= 4 is 17.4 Å². The Bertz CT molecular complexity index is 659. The minimum atomic E-state index is -0.0340. The molecule has 3 heteroatoms. The smallest absolute Gasteiger partial charge is 0.196 e. The zero-order valence-corrected chi connectivity index (χ0v) is 12.0. The fourth-order valence-corrected chi connectivity index (χ4v) is 2.73. The van der Waals surface area contributed by atoms with Gasteiger partial charge in [-0.3, -0.25) is 4.79 Å². The first-order valence-electron chi connectivity index (χ1n) is 6.78. The van der Waals surface area contributed by atoms with Gasteiger partial charge in [0.1, 0.15) is 5.75 Å². The number of carbonyl (C=O) groups excluding carboxylic acids is 1. The Morgan fingerprint density at radius 1 is 1.25 bits per heavy atom. The van der Waals surface area contributed by atoms with E-state index in [4.69, 9.17) is 16.3 Å². The van der Waals surface area contributed by atoms with Gasteiger partial charge in [-0.1, -0.05) is 42.8 Å². The fraction of sp³-hybridized carbons (Fsp3) is 0.235. The van der Waals surface area contributed by atoms with Crippen LogP contribution in [0.15, 0.2) is 36.4 Å². The van der Waals surface area contributed by atoms with Gasteiger partial charge in [-0.05, 0) is 29.7 Å². The Kier molecular flexibility index (Phi) is 3.49. The molecular weight excluding hydrogens is 272 g/mol. The third-order valence-electron chi connectivity index (χ3n) is 3.62. The second-order valence-corrected chi connectivity index (χ2v) is 5.36. The molecule has 0 unspecified atom stereocenters. The van der Waals surface area contributed by atoms with Crippen molar-refractivity contribution in [3.05, 3.63) is 63.7 Å². The third-order valence-corrected chi connectivity index (χ3v) is 3.84. The average molecular weight is 287 g/mol. The van der Waals surface area contributed by atoms with Gasteiger partial charge in [0.15, 0.2) is 5.78 Å². The highest BCUT2D eigenvalue weighted by Crippen LogP contribution is 2.34. The van der Waals surface area contributed by atoms with Gasteiger partial charge in [-0.25, -0.2) is 0 Å². The van der Waals surface area contributed by atoms with Crippen molar-refractivity contribution in [2.45, 2.75) is 19.8 Å². The molecule has 0 spiro atoms. The molecule has 0 saturated heterocycles. The molecule has 0 atom stereocenters. The molecular formula is C17H15ClO2. The Balaban J connectivity index is 2.02. The Hall–Kier alpha value is -1.80. The number of fused-ring (bicyclic) bond motifs is 1. The number of hydrogen-bond donors (Lipinski definition) is 0. The maximum atomic E-state index is 12.6. The van der Waals surface area contributed by atoms with Crippen LogP contribution in [0.5, 0.6) is 5.75 Å². The van der Waals surface area contributed by atoms with Crippen molar-refractivity contribution in [3.63, 3.8) is 0 Å². The van der Waals surface area contributed by atoms with E-state index in [1.54, 1.807) is 6.07 Å². The number of rotatable bonds is 3. The van der Waals surface area contributed by atoms with E-state index in [1.807, 2.05) is 30.3 Å². The zero-order chi connectivity index (χ0) is 14.1. The van der Waals surface area contributed by atoms with E-state index in [0.717, 1.165) is 18.4 Å². The lowest BCUT2D eigenvalue weighted by atomic mass is 9.98. The molecule has 0 bridgehead atoms. The minimum Gasteiger partial charge on any atom is -0.492 e. The summed E-state index contributed by atoms with van der Waals surface area (Å²) in [5.74, 6) is 0.660. The van der Waals surface area contributed by atoms with Gasteiger partial charge in [0, 0.05) is 17.0 Å². The molecule has 0 fully saturated rings. The van der Waals surface area contributed by atoms with Crippen molar-refractivity contribution < 1.29 is 9.53 Å². The molecule has 1 heterocycles. The minimum absolute atomic E-state index is 0.0340. The van der Waals surface area contributed by atoms with Crippen LogP contribution in [-0.2, 0) is 12.8 Å². The molecule has 0 saturated carbocycles. The van der Waals surface area contributed by atoms with Crippen LogP contribution in [0, 0.1) is 0 Å². The number of ether oxygens (including phenoxy) is 1. The van der Waals surface area contributed by atoms with Crippen molar-refractivity contribution in [2.75, 3.05) is 6.61 Å². The van der Waals surface area contributed by atoms with Gasteiger partial charge in [0.2, 0.25) is 0 Å². The van der Waals surface area contributed by atoms with Crippen LogP contribution in [-0.4, -0.2) is 12.4 Å². The predicted molar refractivity (Wildman–Crippen MR) is 79.9 cm³/mol. The predicted octanol–water partition coefficient (Wildman–Crippen LogP) is 4.07. The third kappa shape index (κ3) is 2.32. The van der Waals surface area contributed by atoms with Gasteiger partial charge in [0.05, 0.1) is 12.2 Å². The Labute approximate surface area is 123 Å². The first kappa shape index (κ1) is 13.2. The number of ketones is 1. The quantitative estimate of drug-likeness (QED) is 0.795. The maximum Gasteiger partial charge on any atom is 0.196 e. The Morgan fingerprint density at radius 2 is 2.00 bits per heavy atom. The van der Waals surface area contributed by atoms with E-state index in [1.165, 1.54) is 5.56 Å². The highest BCUT2D eigenvalue weighted by molar-refractivity contribution is 6.31. The van der Waals surface area contributed by atoms with Crippen molar-refractivity contribution in [2.24, 2.45) is 0 Å². The van der Waals surface area contributed by atoms with Crippen molar-refractivity contribution in [1.82, 2.24) is 0 Å². The van der Waals surface area contributed by atoms with Gasteiger partial charge < -0.3 is 4.74 Å². The summed E-state index contributed by atoms with van der Waals surface area (Å²) in [7, 11) is 0. The summed E-state index contributed by atoms with van der Waals surface area (Å²) in [6.45, 7) is 2.71. The molecule has 0 radical (unpaired) electrons. The van der Waals surface area contributed by atoms with Crippen LogP contribution < -0.4 is 4.74 Å². The number of halogens is 1. The summed E-state index contributed by atoms with van der Waals surface area (Å²) in [6, 6.07) is 11.3. The molecule has 0 N–H and O–H groups in total. The molecule has 2 nitrogen and oxygen atoms in total. The van der Waals surface area contributed by atoms with Gasteiger partial charge in [-0.15, -0.1) is 0 Å². The van der Waals surface area contributed by atoms with E-state index in [9.17, 15) is 4.79 Å². The van der Waals surface area contributed by atoms with Crippen LogP contribution in [0.4, 0.5) is 0 Å². The Morgan fingerprint density at radius 3 is 2.70 bits per heavy atom. The lowest BCUT2D eigenvalue weighted by molar-refractivity contribution is 0.103. The molecule has 0 aromatic heterocycles. The van der Waals surface area contributed by atoms with Crippen molar-refractivity contribution in [3.8, 4) is 5.75 Å². The summed E-state index contributed by atoms with van der Waals surface area (Å²) in [4.78, 5) is 12.6. The van der Waals surface area contributed by atoms with Gasteiger partial charge in [0.25, 0.3) is 0 Å². The topological polar surface area (TPSA) is 26.3 Å². The van der Waals surface area contributed by atoms with Gasteiger partial charge >= 0.3 is 0 Å².